The summed E-state index contributed by atoms with van der Waals surface area (Å²) in [7, 11) is 2.10. The normalized spacial score (nSPS) is 24.0. The molecule has 1 aromatic rings. The van der Waals surface area contributed by atoms with Gasteiger partial charge in [-0.1, -0.05) is 30.3 Å². The quantitative estimate of drug-likeness (QED) is 0.795. The zero-order valence-corrected chi connectivity index (χ0v) is 14.8. The van der Waals surface area contributed by atoms with Crippen LogP contribution in [0, 0.1) is 0 Å². The second-order valence-corrected chi connectivity index (χ2v) is 6.98. The fourth-order valence-corrected chi connectivity index (χ4v) is 3.44. The van der Waals surface area contributed by atoms with Gasteiger partial charge >= 0.3 is 0 Å². The smallest absolute Gasteiger partial charge is 0.0793 e. The molecule has 1 heterocycles. The van der Waals surface area contributed by atoms with Crippen molar-refractivity contribution in [1.29, 1.82) is 0 Å². The highest BCUT2D eigenvalue weighted by molar-refractivity contribution is 5.14. The van der Waals surface area contributed by atoms with E-state index in [1.54, 1.807) is 0 Å². The summed E-state index contributed by atoms with van der Waals surface area (Å²) in [5.41, 5.74) is 1.39. The van der Waals surface area contributed by atoms with Crippen LogP contribution in [0.4, 0.5) is 0 Å². The molecule has 130 valence electrons. The molecule has 1 aliphatic heterocycles. The lowest BCUT2D eigenvalue weighted by atomic mass is 10.1. The van der Waals surface area contributed by atoms with Crippen LogP contribution >= 0.6 is 0 Å². The molecule has 1 aromatic carbocycles. The molecule has 2 rings (SSSR count). The molecule has 1 aliphatic rings. The van der Waals surface area contributed by atoms with Gasteiger partial charge < -0.3 is 14.7 Å². The van der Waals surface area contributed by atoms with Gasteiger partial charge in [0.05, 0.1) is 18.3 Å². The Morgan fingerprint density at radius 1 is 1.22 bits per heavy atom. The lowest BCUT2D eigenvalue weighted by molar-refractivity contribution is -0.0776. The maximum absolute atomic E-state index is 10.3. The summed E-state index contributed by atoms with van der Waals surface area (Å²) in [6.45, 7) is 8.52. The predicted octanol–water partition coefficient (Wildman–Crippen LogP) is 2.02. The van der Waals surface area contributed by atoms with Crippen LogP contribution < -0.4 is 0 Å². The molecule has 1 fully saturated rings. The van der Waals surface area contributed by atoms with Gasteiger partial charge in [-0.2, -0.15) is 0 Å². The SMILES string of the molecule is CC1CN(CC(O)CN(C)CCCc2ccccc2)CC(C)O1. The van der Waals surface area contributed by atoms with Crippen molar-refractivity contribution in [1.82, 2.24) is 9.80 Å². The van der Waals surface area contributed by atoms with Crippen molar-refractivity contribution in [3.8, 4) is 0 Å². The van der Waals surface area contributed by atoms with Gasteiger partial charge in [0.15, 0.2) is 0 Å². The highest BCUT2D eigenvalue weighted by Crippen LogP contribution is 2.11. The van der Waals surface area contributed by atoms with E-state index in [0.29, 0.717) is 0 Å². The van der Waals surface area contributed by atoms with Crippen LogP contribution in [0.2, 0.25) is 0 Å². The molecule has 0 bridgehead atoms. The second-order valence-electron chi connectivity index (χ2n) is 6.98. The highest BCUT2D eigenvalue weighted by Gasteiger charge is 2.24. The monoisotopic (exact) mass is 320 g/mol. The molecular weight excluding hydrogens is 288 g/mol. The zero-order chi connectivity index (χ0) is 16.7. The van der Waals surface area contributed by atoms with Gasteiger partial charge in [0, 0.05) is 26.2 Å². The average molecular weight is 320 g/mol. The molecule has 4 nitrogen and oxygen atoms in total. The maximum Gasteiger partial charge on any atom is 0.0793 e. The van der Waals surface area contributed by atoms with Gasteiger partial charge in [0.2, 0.25) is 0 Å². The lowest BCUT2D eigenvalue weighted by Crippen LogP contribution is -2.49. The van der Waals surface area contributed by atoms with Crippen LogP contribution in [0.1, 0.15) is 25.8 Å². The Balaban J connectivity index is 1.63. The molecule has 0 amide bonds. The van der Waals surface area contributed by atoms with E-state index in [-0.39, 0.29) is 18.3 Å². The van der Waals surface area contributed by atoms with Crippen molar-refractivity contribution >= 4 is 0 Å². The van der Waals surface area contributed by atoms with Crippen molar-refractivity contribution in [2.24, 2.45) is 0 Å². The molecule has 23 heavy (non-hydrogen) atoms. The number of aryl methyl sites for hydroxylation is 1. The summed E-state index contributed by atoms with van der Waals surface area (Å²) in [6.07, 6.45) is 2.44. The van der Waals surface area contributed by atoms with Gasteiger partial charge in [-0.25, -0.2) is 0 Å². The molecule has 1 N–H and O–H groups in total. The standard InChI is InChI=1S/C19H32N2O2/c1-16-12-21(13-17(2)23-16)15-19(22)14-20(3)11-7-10-18-8-5-4-6-9-18/h4-6,8-9,16-17,19,22H,7,10-15H2,1-3H3. The number of likely N-dealkylation sites (N-methyl/N-ethyl adjacent to an activating group) is 1. The lowest BCUT2D eigenvalue weighted by Gasteiger charge is -2.36. The molecule has 0 aromatic heterocycles. The Morgan fingerprint density at radius 2 is 1.87 bits per heavy atom. The van der Waals surface area contributed by atoms with Crippen molar-refractivity contribution in [2.45, 2.75) is 45.0 Å². The van der Waals surface area contributed by atoms with E-state index in [1.165, 1.54) is 5.56 Å². The number of β-amino-alcohol motifs (C(OH)–C–C–N with tert-alkyl or cyclic N) is 1. The Morgan fingerprint density at radius 3 is 2.52 bits per heavy atom. The van der Waals surface area contributed by atoms with E-state index < -0.39 is 0 Å². The van der Waals surface area contributed by atoms with Crippen LogP contribution in [0.15, 0.2) is 30.3 Å². The summed E-state index contributed by atoms with van der Waals surface area (Å²) >= 11 is 0. The van der Waals surface area contributed by atoms with E-state index >= 15 is 0 Å². The summed E-state index contributed by atoms with van der Waals surface area (Å²) < 4.78 is 5.74. The average Bonchev–Trinajstić information content (AvgIpc) is 2.47. The number of aliphatic hydroxyl groups excluding tert-OH is 1. The van der Waals surface area contributed by atoms with Gasteiger partial charge in [0.25, 0.3) is 0 Å². The summed E-state index contributed by atoms with van der Waals surface area (Å²) in [5.74, 6) is 0. The third kappa shape index (κ3) is 7.00. The Labute approximate surface area is 141 Å². The molecule has 4 heteroatoms. The molecule has 0 spiro atoms. The first kappa shape index (κ1) is 18.4. The largest absolute Gasteiger partial charge is 0.390 e. The predicted molar refractivity (Wildman–Crippen MR) is 94.7 cm³/mol. The number of benzene rings is 1. The van der Waals surface area contributed by atoms with Gasteiger partial charge in [-0.15, -0.1) is 0 Å². The fraction of sp³-hybridized carbons (Fsp3) is 0.684. The number of morpholine rings is 1. The Hall–Kier alpha value is -0.940. The first-order valence-corrected chi connectivity index (χ1v) is 8.81. The summed E-state index contributed by atoms with van der Waals surface area (Å²) in [5, 5.41) is 10.3. The number of hydrogen-bond donors (Lipinski definition) is 1. The van der Waals surface area contributed by atoms with Crippen LogP contribution in [0.3, 0.4) is 0 Å². The molecule has 0 aliphatic carbocycles. The minimum Gasteiger partial charge on any atom is -0.390 e. The topological polar surface area (TPSA) is 35.9 Å². The van der Waals surface area contributed by atoms with E-state index in [9.17, 15) is 5.11 Å². The van der Waals surface area contributed by atoms with Gasteiger partial charge in [0.1, 0.15) is 0 Å². The van der Waals surface area contributed by atoms with Crippen LogP contribution in [-0.4, -0.2) is 73.0 Å². The minimum atomic E-state index is -0.297. The minimum absolute atomic E-state index is 0.259. The summed E-state index contributed by atoms with van der Waals surface area (Å²) in [6, 6.07) is 10.6. The van der Waals surface area contributed by atoms with Gasteiger partial charge in [-0.3, -0.25) is 4.90 Å². The van der Waals surface area contributed by atoms with Crippen molar-refractivity contribution in [2.75, 3.05) is 39.8 Å². The Kier molecular flexibility index (Phi) is 7.50. The third-order valence-corrected chi connectivity index (χ3v) is 4.33. The first-order chi connectivity index (χ1) is 11.0. The van der Waals surface area contributed by atoms with Crippen molar-refractivity contribution in [3.63, 3.8) is 0 Å². The number of hydrogen-bond acceptors (Lipinski definition) is 4. The molecular formula is C19H32N2O2. The van der Waals surface area contributed by atoms with Crippen LogP contribution in [-0.2, 0) is 11.2 Å². The van der Waals surface area contributed by atoms with Crippen molar-refractivity contribution in [3.05, 3.63) is 35.9 Å². The number of ether oxygens (including phenoxy) is 1. The van der Waals surface area contributed by atoms with Gasteiger partial charge in [-0.05, 0) is 45.8 Å². The second kappa shape index (κ2) is 9.38. The van der Waals surface area contributed by atoms with Crippen LogP contribution in [0.5, 0.6) is 0 Å². The van der Waals surface area contributed by atoms with E-state index in [4.69, 9.17) is 4.74 Å². The number of nitrogens with zero attached hydrogens (tertiary/aromatic N) is 2. The number of aliphatic hydroxyl groups is 1. The highest BCUT2D eigenvalue weighted by atomic mass is 16.5. The summed E-state index contributed by atoms with van der Waals surface area (Å²) in [4.78, 5) is 4.56. The van der Waals surface area contributed by atoms with E-state index in [2.05, 4.69) is 61.0 Å². The fourth-order valence-electron chi connectivity index (χ4n) is 3.44. The third-order valence-electron chi connectivity index (χ3n) is 4.33. The zero-order valence-electron chi connectivity index (χ0n) is 14.8. The molecule has 1 saturated heterocycles. The number of rotatable bonds is 8. The molecule has 3 atom stereocenters. The van der Waals surface area contributed by atoms with E-state index in [1.807, 2.05) is 0 Å². The Bertz CT molecular complexity index is 430. The molecule has 3 unspecified atom stereocenters. The first-order valence-electron chi connectivity index (χ1n) is 8.81. The van der Waals surface area contributed by atoms with Crippen LogP contribution in [0.25, 0.3) is 0 Å². The maximum atomic E-state index is 10.3. The van der Waals surface area contributed by atoms with Crippen molar-refractivity contribution < 1.29 is 9.84 Å². The van der Waals surface area contributed by atoms with E-state index in [0.717, 1.165) is 45.6 Å². The molecule has 0 saturated carbocycles. The molecule has 0 radical (unpaired) electrons.